The molecule has 7 nitrogen and oxygen atoms in total. The molecule has 2 rings (SSSR count). The number of aromatic nitrogens is 4. The van der Waals surface area contributed by atoms with Crippen LogP contribution in [0.25, 0.3) is 11.6 Å². The molecule has 0 aliphatic rings. The zero-order valence-electron chi connectivity index (χ0n) is 10.8. The molecule has 2 aromatic heterocycles. The van der Waals surface area contributed by atoms with Crippen LogP contribution in [0, 0.1) is 0 Å². The fourth-order valence-corrected chi connectivity index (χ4v) is 1.67. The van der Waals surface area contributed by atoms with Gasteiger partial charge in [0.1, 0.15) is 0 Å². The lowest BCUT2D eigenvalue weighted by molar-refractivity contribution is 0.165. The summed E-state index contributed by atoms with van der Waals surface area (Å²) >= 11 is 0. The summed E-state index contributed by atoms with van der Waals surface area (Å²) in [5, 5.41) is 7.06. The third kappa shape index (κ3) is 2.74. The van der Waals surface area contributed by atoms with Gasteiger partial charge in [-0.1, -0.05) is 5.16 Å². The Kier molecular flexibility index (Phi) is 4.06. The van der Waals surface area contributed by atoms with Crippen molar-refractivity contribution in [2.75, 3.05) is 20.8 Å². The number of imidazole rings is 1. The van der Waals surface area contributed by atoms with Crippen LogP contribution in [0.15, 0.2) is 16.9 Å². The van der Waals surface area contributed by atoms with E-state index >= 15 is 0 Å². The molecule has 0 spiro atoms. The quantitative estimate of drug-likeness (QED) is 0.792. The average Bonchev–Trinajstić information content (AvgIpc) is 2.97. The lowest BCUT2D eigenvalue weighted by Crippen LogP contribution is -2.32. The van der Waals surface area contributed by atoms with Gasteiger partial charge in [0.2, 0.25) is 11.7 Å². The Balaban J connectivity index is 2.09. The minimum atomic E-state index is 0.157. The first-order valence-corrected chi connectivity index (χ1v) is 5.71. The normalized spacial score (nSPS) is 12.8. The number of rotatable bonds is 6. The van der Waals surface area contributed by atoms with Crippen LogP contribution in [0.4, 0.5) is 0 Å². The van der Waals surface area contributed by atoms with Crippen molar-refractivity contribution in [1.82, 2.24) is 25.0 Å². The van der Waals surface area contributed by atoms with Gasteiger partial charge in [-0.2, -0.15) is 4.98 Å². The van der Waals surface area contributed by atoms with E-state index in [4.69, 9.17) is 9.26 Å². The predicted octanol–water partition coefficient (Wildman–Crippen LogP) is 0.247. The van der Waals surface area contributed by atoms with Crippen molar-refractivity contribution in [1.29, 1.82) is 0 Å². The Morgan fingerprint density at radius 2 is 2.39 bits per heavy atom. The summed E-state index contributed by atoms with van der Waals surface area (Å²) < 4.78 is 12.2. The summed E-state index contributed by atoms with van der Waals surface area (Å²) in [6.45, 7) is 0.594. The molecule has 98 valence electrons. The van der Waals surface area contributed by atoms with Crippen molar-refractivity contribution in [3.8, 4) is 11.6 Å². The van der Waals surface area contributed by atoms with Gasteiger partial charge in [-0.3, -0.25) is 0 Å². The molecule has 1 atom stereocenters. The van der Waals surface area contributed by atoms with Crippen molar-refractivity contribution in [3.63, 3.8) is 0 Å². The van der Waals surface area contributed by atoms with Gasteiger partial charge in [0.15, 0.2) is 5.82 Å². The molecular weight excluding hydrogens is 234 g/mol. The van der Waals surface area contributed by atoms with Gasteiger partial charge in [0.05, 0.1) is 6.61 Å². The second-order valence-electron chi connectivity index (χ2n) is 4.02. The van der Waals surface area contributed by atoms with Crippen LogP contribution in [0.1, 0.15) is 5.89 Å². The molecule has 0 amide bonds. The average molecular weight is 251 g/mol. The number of nitrogens with zero attached hydrogens (tertiary/aromatic N) is 4. The molecular formula is C11H17N5O2. The maximum atomic E-state index is 5.21. The van der Waals surface area contributed by atoms with Crippen LogP contribution in [-0.4, -0.2) is 46.5 Å². The molecule has 0 bridgehead atoms. The lowest BCUT2D eigenvalue weighted by atomic mass is 10.2. The highest BCUT2D eigenvalue weighted by atomic mass is 16.5. The van der Waals surface area contributed by atoms with Gasteiger partial charge in [-0.25, -0.2) is 4.98 Å². The van der Waals surface area contributed by atoms with Gasteiger partial charge in [-0.15, -0.1) is 0 Å². The highest BCUT2D eigenvalue weighted by Crippen LogP contribution is 2.13. The second kappa shape index (κ2) is 5.74. The van der Waals surface area contributed by atoms with Gasteiger partial charge in [-0.05, 0) is 7.05 Å². The number of likely N-dealkylation sites (N-methyl/N-ethyl adjacent to an activating group) is 1. The SMILES string of the molecule is CNC(COC)Cc1nc(-c2nccn2C)no1. The smallest absolute Gasteiger partial charge is 0.238 e. The van der Waals surface area contributed by atoms with Gasteiger partial charge in [0.25, 0.3) is 0 Å². The second-order valence-corrected chi connectivity index (χ2v) is 4.02. The summed E-state index contributed by atoms with van der Waals surface area (Å²) in [5.41, 5.74) is 0. The zero-order chi connectivity index (χ0) is 13.0. The minimum Gasteiger partial charge on any atom is -0.383 e. The Bertz CT molecular complexity index is 493. The summed E-state index contributed by atoms with van der Waals surface area (Å²) in [7, 11) is 5.43. The summed E-state index contributed by atoms with van der Waals surface area (Å²) in [6.07, 6.45) is 4.17. The molecule has 7 heteroatoms. The Morgan fingerprint density at radius 3 is 3.00 bits per heavy atom. The molecule has 1 unspecified atom stereocenters. The molecule has 0 saturated heterocycles. The molecule has 18 heavy (non-hydrogen) atoms. The largest absolute Gasteiger partial charge is 0.383 e. The van der Waals surface area contributed by atoms with E-state index in [2.05, 4.69) is 20.4 Å². The maximum Gasteiger partial charge on any atom is 0.238 e. The molecule has 0 fully saturated rings. The first kappa shape index (κ1) is 12.7. The highest BCUT2D eigenvalue weighted by Gasteiger charge is 2.15. The maximum absolute atomic E-state index is 5.21. The predicted molar refractivity (Wildman–Crippen MR) is 64.9 cm³/mol. The Hall–Kier alpha value is -1.73. The van der Waals surface area contributed by atoms with E-state index in [9.17, 15) is 0 Å². The number of methoxy groups -OCH3 is 1. The van der Waals surface area contributed by atoms with Crippen molar-refractivity contribution in [2.24, 2.45) is 7.05 Å². The number of hydrogen-bond acceptors (Lipinski definition) is 6. The van der Waals surface area contributed by atoms with Gasteiger partial charge in [0, 0.05) is 39.0 Å². The van der Waals surface area contributed by atoms with Crippen molar-refractivity contribution in [3.05, 3.63) is 18.3 Å². The van der Waals surface area contributed by atoms with E-state index in [1.54, 1.807) is 13.3 Å². The molecule has 0 radical (unpaired) electrons. The lowest BCUT2D eigenvalue weighted by Gasteiger charge is -2.11. The van der Waals surface area contributed by atoms with Crippen LogP contribution < -0.4 is 5.32 Å². The minimum absolute atomic E-state index is 0.157. The van der Waals surface area contributed by atoms with E-state index in [0.717, 1.165) is 0 Å². The fourth-order valence-electron chi connectivity index (χ4n) is 1.67. The van der Waals surface area contributed by atoms with Crippen LogP contribution in [0.2, 0.25) is 0 Å². The van der Waals surface area contributed by atoms with Crippen molar-refractivity contribution < 1.29 is 9.26 Å². The number of nitrogens with one attached hydrogen (secondary N) is 1. The third-order valence-corrected chi connectivity index (χ3v) is 2.69. The van der Waals surface area contributed by atoms with E-state index in [1.165, 1.54) is 0 Å². The molecule has 0 aromatic carbocycles. The van der Waals surface area contributed by atoms with E-state index < -0.39 is 0 Å². The number of ether oxygens (including phenoxy) is 1. The standard InChI is InChI=1S/C11H17N5O2/c1-12-8(7-17-3)6-9-14-10(15-18-9)11-13-4-5-16(11)2/h4-5,8,12H,6-7H2,1-3H3. The van der Waals surface area contributed by atoms with E-state index in [0.29, 0.717) is 30.6 Å². The third-order valence-electron chi connectivity index (χ3n) is 2.69. The molecule has 0 aliphatic carbocycles. The van der Waals surface area contributed by atoms with Crippen LogP contribution in [-0.2, 0) is 18.2 Å². The van der Waals surface area contributed by atoms with Gasteiger partial charge >= 0.3 is 0 Å². The summed E-state index contributed by atoms with van der Waals surface area (Å²) in [6, 6.07) is 0.157. The summed E-state index contributed by atoms with van der Waals surface area (Å²) in [5.74, 6) is 1.77. The number of aryl methyl sites for hydroxylation is 1. The monoisotopic (exact) mass is 251 g/mol. The Morgan fingerprint density at radius 1 is 1.56 bits per heavy atom. The molecule has 0 aliphatic heterocycles. The van der Waals surface area contributed by atoms with Crippen LogP contribution in [0.3, 0.4) is 0 Å². The fraction of sp³-hybridized carbons (Fsp3) is 0.545. The zero-order valence-corrected chi connectivity index (χ0v) is 10.8. The first-order valence-electron chi connectivity index (χ1n) is 5.71. The van der Waals surface area contributed by atoms with Crippen LogP contribution >= 0.6 is 0 Å². The Labute approximate surface area is 105 Å². The number of hydrogen-bond donors (Lipinski definition) is 1. The van der Waals surface area contributed by atoms with Crippen molar-refractivity contribution >= 4 is 0 Å². The van der Waals surface area contributed by atoms with E-state index in [-0.39, 0.29) is 6.04 Å². The van der Waals surface area contributed by atoms with Crippen LogP contribution in [0.5, 0.6) is 0 Å². The molecule has 2 aromatic rings. The molecule has 1 N–H and O–H groups in total. The van der Waals surface area contributed by atoms with E-state index in [1.807, 2.05) is 24.9 Å². The highest BCUT2D eigenvalue weighted by molar-refractivity contribution is 5.42. The van der Waals surface area contributed by atoms with Crippen molar-refractivity contribution in [2.45, 2.75) is 12.5 Å². The molecule has 0 saturated carbocycles. The summed E-state index contributed by atoms with van der Waals surface area (Å²) in [4.78, 5) is 8.50. The topological polar surface area (TPSA) is 78.0 Å². The molecule has 2 heterocycles. The first-order chi connectivity index (χ1) is 8.74. The van der Waals surface area contributed by atoms with Gasteiger partial charge < -0.3 is 19.1 Å².